The van der Waals surface area contributed by atoms with Crippen LogP contribution in [0.4, 0.5) is 10.1 Å². The molecule has 0 aliphatic rings. The second kappa shape index (κ2) is 9.98. The van der Waals surface area contributed by atoms with E-state index in [1.807, 2.05) is 36.2 Å². The monoisotopic (exact) mass is 348 g/mol. The third-order valence-electron chi connectivity index (χ3n) is 3.75. The Balaban J connectivity index is 1.81. The average molecular weight is 348 g/mol. The van der Waals surface area contributed by atoms with Crippen molar-refractivity contribution in [2.24, 2.45) is 0 Å². The van der Waals surface area contributed by atoms with Gasteiger partial charge in [0, 0.05) is 32.4 Å². The minimum atomic E-state index is -0.522. The number of aliphatic hydroxyl groups is 2. The Kier molecular flexibility index (Phi) is 7.66. The van der Waals surface area contributed by atoms with Crippen molar-refractivity contribution in [2.75, 3.05) is 38.2 Å². The van der Waals surface area contributed by atoms with Gasteiger partial charge in [-0.1, -0.05) is 12.1 Å². The largest absolute Gasteiger partial charge is 0.489 e. The first-order valence-corrected chi connectivity index (χ1v) is 8.26. The van der Waals surface area contributed by atoms with Crippen LogP contribution >= 0.6 is 0 Å². The first-order valence-electron chi connectivity index (χ1n) is 8.26. The van der Waals surface area contributed by atoms with E-state index in [1.165, 1.54) is 12.1 Å². The Labute approximate surface area is 147 Å². The third-order valence-corrected chi connectivity index (χ3v) is 3.75. The van der Waals surface area contributed by atoms with E-state index in [1.54, 1.807) is 12.1 Å². The van der Waals surface area contributed by atoms with Crippen molar-refractivity contribution in [1.29, 1.82) is 0 Å². The maximum absolute atomic E-state index is 12.9. The van der Waals surface area contributed by atoms with Crippen LogP contribution in [0.1, 0.15) is 5.56 Å². The van der Waals surface area contributed by atoms with Crippen molar-refractivity contribution in [3.8, 4) is 5.75 Å². The number of benzene rings is 2. The lowest BCUT2D eigenvalue weighted by molar-refractivity contribution is 0.174. The summed E-state index contributed by atoms with van der Waals surface area (Å²) in [5.74, 6) is 0.469. The van der Waals surface area contributed by atoms with Gasteiger partial charge in [0.1, 0.15) is 18.2 Å². The van der Waals surface area contributed by atoms with Gasteiger partial charge in [0.2, 0.25) is 0 Å². The lowest BCUT2D eigenvalue weighted by atomic mass is 10.2. The summed E-state index contributed by atoms with van der Waals surface area (Å²) >= 11 is 0. The van der Waals surface area contributed by atoms with Gasteiger partial charge in [-0.05, 0) is 42.0 Å². The quantitative estimate of drug-likeness (QED) is 0.571. The molecule has 3 N–H and O–H groups in total. The molecular formula is C19H25FN2O3. The summed E-state index contributed by atoms with van der Waals surface area (Å²) in [5.41, 5.74) is 1.87. The molecule has 2 aromatic carbocycles. The number of hydrogen-bond donors (Lipinski definition) is 3. The summed E-state index contributed by atoms with van der Waals surface area (Å²) in [7, 11) is 1.91. The summed E-state index contributed by atoms with van der Waals surface area (Å²) in [6.07, 6.45) is -0.522. The Morgan fingerprint density at radius 1 is 1.12 bits per heavy atom. The fraction of sp³-hybridized carbons (Fsp3) is 0.368. The van der Waals surface area contributed by atoms with E-state index in [0.29, 0.717) is 26.2 Å². The molecule has 0 saturated heterocycles. The van der Waals surface area contributed by atoms with E-state index in [4.69, 9.17) is 9.84 Å². The van der Waals surface area contributed by atoms with Crippen LogP contribution in [0.5, 0.6) is 5.75 Å². The van der Waals surface area contributed by atoms with Crippen LogP contribution < -0.4 is 15.0 Å². The smallest absolute Gasteiger partial charge is 0.123 e. The van der Waals surface area contributed by atoms with E-state index in [2.05, 4.69) is 5.32 Å². The van der Waals surface area contributed by atoms with Crippen molar-refractivity contribution < 1.29 is 19.3 Å². The van der Waals surface area contributed by atoms with E-state index in [0.717, 1.165) is 17.0 Å². The van der Waals surface area contributed by atoms with Crippen LogP contribution in [-0.4, -0.2) is 49.6 Å². The molecule has 0 aromatic heterocycles. The van der Waals surface area contributed by atoms with Crippen molar-refractivity contribution in [1.82, 2.24) is 5.32 Å². The van der Waals surface area contributed by atoms with Crippen LogP contribution in [0.3, 0.4) is 0 Å². The molecule has 6 heteroatoms. The number of anilines is 1. The molecule has 0 saturated carbocycles. The van der Waals surface area contributed by atoms with E-state index < -0.39 is 6.10 Å². The van der Waals surface area contributed by atoms with Gasteiger partial charge in [0.05, 0.1) is 12.7 Å². The van der Waals surface area contributed by atoms with Crippen LogP contribution in [0.25, 0.3) is 0 Å². The zero-order valence-corrected chi connectivity index (χ0v) is 14.4. The van der Waals surface area contributed by atoms with Crippen molar-refractivity contribution in [3.05, 3.63) is 59.9 Å². The molecule has 2 aromatic rings. The number of hydrogen-bond acceptors (Lipinski definition) is 5. The highest BCUT2D eigenvalue weighted by Gasteiger charge is 2.09. The molecule has 5 nitrogen and oxygen atoms in total. The molecule has 0 unspecified atom stereocenters. The van der Waals surface area contributed by atoms with Crippen LogP contribution in [0.15, 0.2) is 48.5 Å². The second-order valence-electron chi connectivity index (χ2n) is 5.87. The van der Waals surface area contributed by atoms with E-state index >= 15 is 0 Å². The van der Waals surface area contributed by atoms with Gasteiger partial charge in [-0.15, -0.1) is 0 Å². The summed E-state index contributed by atoms with van der Waals surface area (Å²) in [6.45, 7) is 1.82. The molecule has 0 heterocycles. The van der Waals surface area contributed by atoms with Gasteiger partial charge >= 0.3 is 0 Å². The Morgan fingerprint density at radius 3 is 2.44 bits per heavy atom. The minimum Gasteiger partial charge on any atom is -0.489 e. The summed E-state index contributed by atoms with van der Waals surface area (Å²) in [6, 6.07) is 13.8. The highest BCUT2D eigenvalue weighted by Crippen LogP contribution is 2.19. The first kappa shape index (κ1) is 19.2. The number of ether oxygens (including phenoxy) is 1. The average Bonchev–Trinajstić information content (AvgIpc) is 2.62. The van der Waals surface area contributed by atoms with Crippen LogP contribution in [-0.2, 0) is 6.61 Å². The predicted octanol–water partition coefficient (Wildman–Crippen LogP) is 1.78. The maximum Gasteiger partial charge on any atom is 0.123 e. The Hall–Kier alpha value is -2.15. The zero-order valence-electron chi connectivity index (χ0n) is 14.4. The zero-order chi connectivity index (χ0) is 18.1. The molecule has 0 aliphatic heterocycles. The molecule has 0 aliphatic carbocycles. The number of halogens is 1. The molecule has 0 bridgehead atoms. The molecule has 25 heavy (non-hydrogen) atoms. The summed E-state index contributed by atoms with van der Waals surface area (Å²) in [5, 5.41) is 21.6. The summed E-state index contributed by atoms with van der Waals surface area (Å²) < 4.78 is 18.6. The van der Waals surface area contributed by atoms with Crippen LogP contribution in [0, 0.1) is 5.82 Å². The molecule has 0 fully saturated rings. The van der Waals surface area contributed by atoms with E-state index in [9.17, 15) is 9.50 Å². The van der Waals surface area contributed by atoms with Crippen LogP contribution in [0.2, 0.25) is 0 Å². The Bertz CT molecular complexity index is 620. The van der Waals surface area contributed by atoms with Gasteiger partial charge in [0.25, 0.3) is 0 Å². The third kappa shape index (κ3) is 6.70. The number of likely N-dealkylation sites (N-methyl/N-ethyl adjacent to an activating group) is 1. The molecule has 0 radical (unpaired) electrons. The lowest BCUT2D eigenvalue weighted by Crippen LogP contribution is -2.37. The SMILES string of the molecule is CN(C[C@H](O)CNCCO)c1ccc(OCc2ccc(F)cc2)cc1. The molecule has 1 atom stereocenters. The standard InChI is InChI=1S/C19H25FN2O3/c1-22(13-18(24)12-21-10-11-23)17-6-8-19(9-7-17)25-14-15-2-4-16(20)5-3-15/h2-9,18,21,23-24H,10-14H2,1H3/t18-/m1/s1. The van der Waals surface area contributed by atoms with Gasteiger partial charge in [-0.3, -0.25) is 0 Å². The predicted molar refractivity (Wildman–Crippen MR) is 96.4 cm³/mol. The number of nitrogens with one attached hydrogen (secondary N) is 1. The molecule has 0 spiro atoms. The van der Waals surface area contributed by atoms with Gasteiger partial charge < -0.3 is 25.2 Å². The first-order chi connectivity index (χ1) is 12.1. The van der Waals surface area contributed by atoms with Crippen molar-refractivity contribution in [3.63, 3.8) is 0 Å². The topological polar surface area (TPSA) is 65.0 Å². The maximum atomic E-state index is 12.9. The molecular weight excluding hydrogens is 323 g/mol. The second-order valence-corrected chi connectivity index (χ2v) is 5.87. The lowest BCUT2D eigenvalue weighted by Gasteiger charge is -2.23. The van der Waals surface area contributed by atoms with E-state index in [-0.39, 0.29) is 12.4 Å². The van der Waals surface area contributed by atoms with Gasteiger partial charge in [-0.2, -0.15) is 0 Å². The van der Waals surface area contributed by atoms with Crippen molar-refractivity contribution in [2.45, 2.75) is 12.7 Å². The normalized spacial score (nSPS) is 12.0. The Morgan fingerprint density at radius 2 is 1.80 bits per heavy atom. The molecule has 2 rings (SSSR count). The number of nitrogens with zero attached hydrogens (tertiary/aromatic N) is 1. The number of aliphatic hydroxyl groups excluding tert-OH is 2. The molecule has 0 amide bonds. The van der Waals surface area contributed by atoms with Gasteiger partial charge in [-0.25, -0.2) is 4.39 Å². The fourth-order valence-electron chi connectivity index (χ4n) is 2.38. The minimum absolute atomic E-state index is 0.0575. The number of rotatable bonds is 10. The fourth-order valence-corrected chi connectivity index (χ4v) is 2.38. The molecule has 136 valence electrons. The van der Waals surface area contributed by atoms with Gasteiger partial charge in [0.15, 0.2) is 0 Å². The highest BCUT2D eigenvalue weighted by atomic mass is 19.1. The highest BCUT2D eigenvalue weighted by molar-refractivity contribution is 5.48. The summed E-state index contributed by atoms with van der Waals surface area (Å²) in [4.78, 5) is 1.95. The van der Waals surface area contributed by atoms with Crippen molar-refractivity contribution >= 4 is 5.69 Å².